The van der Waals surface area contributed by atoms with Gasteiger partial charge < -0.3 is 0 Å². The summed E-state index contributed by atoms with van der Waals surface area (Å²) in [6.45, 7) is 0. The molecule has 3 aliphatic rings. The fourth-order valence-corrected chi connectivity index (χ4v) is 3.45. The summed E-state index contributed by atoms with van der Waals surface area (Å²) in [4.78, 5) is 107. The number of carbonyl (C=O) groups is 4. The number of nitrogens with zero attached hydrogens (tertiary/aromatic N) is 10. The molecule has 3 aliphatic heterocycles. The molecule has 3 saturated heterocycles. The Hall–Kier alpha value is -5.32. The highest BCUT2D eigenvalue weighted by Crippen LogP contribution is 2.56. The van der Waals surface area contributed by atoms with E-state index in [1.807, 2.05) is 0 Å². The first-order valence-corrected chi connectivity index (χ1v) is 6.63. The van der Waals surface area contributed by atoms with Crippen molar-refractivity contribution in [2.75, 3.05) is 0 Å². The van der Waals surface area contributed by atoms with E-state index in [1.165, 1.54) is 0 Å². The Labute approximate surface area is 156 Å². The van der Waals surface area contributed by atoms with Crippen LogP contribution in [0.15, 0.2) is 0 Å². The molecule has 0 unspecified atom stereocenters. The molecule has 0 N–H and O–H groups in total. The molecule has 0 spiro atoms. The second-order valence-electron chi connectivity index (χ2n) is 5.27. The van der Waals surface area contributed by atoms with Crippen molar-refractivity contribution in [3.63, 3.8) is 0 Å². The number of rotatable bonds is 5. The van der Waals surface area contributed by atoms with E-state index in [9.17, 15) is 69.7 Å². The van der Waals surface area contributed by atoms with Gasteiger partial charge in [0.1, 0.15) is 0 Å². The highest BCUT2D eigenvalue weighted by atomic mass is 16.7. The normalized spacial score (nSPS) is 27.5. The van der Waals surface area contributed by atoms with E-state index in [1.54, 1.807) is 0 Å². The zero-order valence-electron chi connectivity index (χ0n) is 13.2. The molecule has 0 aromatic rings. The summed E-state index contributed by atoms with van der Waals surface area (Å²) in [5.41, 5.74) is -8.92. The van der Waals surface area contributed by atoms with E-state index in [2.05, 4.69) is 0 Å². The molecule has 3 heterocycles. The Balaban J connectivity index is 2.64. The second kappa shape index (κ2) is 5.14. The smallest absolute Gasteiger partial charge is 0.262 e. The van der Waals surface area contributed by atoms with Crippen molar-refractivity contribution in [2.45, 2.75) is 11.3 Å². The van der Waals surface area contributed by atoms with Crippen LogP contribution in [-0.4, -0.2) is 85.4 Å². The summed E-state index contributed by atoms with van der Waals surface area (Å²) in [5, 5.41) is 40.1. The molecule has 3 rings (SSSR count). The first-order valence-electron chi connectivity index (χ1n) is 6.63. The van der Waals surface area contributed by atoms with Crippen molar-refractivity contribution < 1.29 is 44.3 Å². The summed E-state index contributed by atoms with van der Waals surface area (Å²) in [6, 6.07) is -5.25. The van der Waals surface area contributed by atoms with Gasteiger partial charge in [-0.2, -0.15) is 0 Å². The van der Waals surface area contributed by atoms with Crippen LogP contribution >= 0.6 is 0 Å². The fourth-order valence-electron chi connectivity index (χ4n) is 3.45. The summed E-state index contributed by atoms with van der Waals surface area (Å²) >= 11 is 0. The van der Waals surface area contributed by atoms with Crippen molar-refractivity contribution in [3.8, 4) is 0 Å². The number of amides is 6. The molecule has 0 aliphatic carbocycles. The zero-order valence-corrected chi connectivity index (χ0v) is 13.2. The molecule has 24 heteroatoms. The molecular weight excluding hydrogens is 436 g/mol. The third-order valence-corrected chi connectivity index (χ3v) is 4.23. The summed E-state index contributed by atoms with van der Waals surface area (Å²) in [7, 11) is 0. The standard InChI is InChI=1S/C6N10O14/c17-1-5-6(2(18)7(1)12(21)22,10(15(27)28)3(19)8(5)13(23)24)11(16(29)30)4(20)9(5)14(25)26. The molecule has 0 atom stereocenters. The third kappa shape index (κ3) is 1.52. The lowest BCUT2D eigenvalue weighted by molar-refractivity contribution is -0.710. The minimum Gasteiger partial charge on any atom is -0.262 e. The van der Waals surface area contributed by atoms with Crippen molar-refractivity contribution in [1.29, 1.82) is 0 Å². The van der Waals surface area contributed by atoms with Crippen LogP contribution in [0.1, 0.15) is 0 Å². The average Bonchev–Trinajstić information content (AvgIpc) is 3.01. The zero-order chi connectivity index (χ0) is 23.1. The van der Waals surface area contributed by atoms with Crippen LogP contribution in [0.5, 0.6) is 0 Å². The van der Waals surface area contributed by atoms with Crippen molar-refractivity contribution >= 4 is 23.9 Å². The topological polar surface area (TPSA) is 300 Å². The number of hydrogen-bond donors (Lipinski definition) is 0. The average molecular weight is 436 g/mol. The van der Waals surface area contributed by atoms with E-state index in [0.29, 0.717) is 0 Å². The minimum atomic E-state index is -4.46. The van der Waals surface area contributed by atoms with Gasteiger partial charge in [-0.15, -0.1) is 0 Å². The van der Waals surface area contributed by atoms with Gasteiger partial charge in [0, 0.05) is 25.0 Å². The first kappa shape index (κ1) is 19.4. The summed E-state index contributed by atoms with van der Waals surface area (Å²) in [5.74, 6) is -5.39. The predicted octanol–water partition coefficient (Wildman–Crippen LogP) is -3.82. The number of urea groups is 2. The highest BCUT2D eigenvalue weighted by Gasteiger charge is 3.07. The number of imide groups is 1. The fraction of sp³-hybridized carbons (Fsp3) is 0.333. The Morgan fingerprint density at radius 3 is 0.900 bits per heavy atom. The van der Waals surface area contributed by atoms with E-state index in [4.69, 9.17) is 0 Å². The minimum absolute atomic E-state index is 1.25. The SMILES string of the molecule is O=C1N([N+](=O)[O-])C23C(=O)N([N+](=O)[O-])C(=O)C2(N1[N+](=O)[O-])N([N+](=O)[O-])C(=O)N3[N+](=O)[O-]. The van der Waals surface area contributed by atoms with Gasteiger partial charge in [0.05, 0.1) is 0 Å². The molecule has 0 saturated carbocycles. The van der Waals surface area contributed by atoms with Crippen LogP contribution in [-0.2, 0) is 9.59 Å². The van der Waals surface area contributed by atoms with Gasteiger partial charge in [-0.25, -0.2) is 60.2 Å². The van der Waals surface area contributed by atoms with Gasteiger partial charge in [0.25, 0.3) is 0 Å². The second-order valence-corrected chi connectivity index (χ2v) is 5.27. The maximum Gasteiger partial charge on any atom is 0.442 e. The lowest BCUT2D eigenvalue weighted by Crippen LogP contribution is -2.72. The number of hydrogen-bond acceptors (Lipinski definition) is 14. The molecule has 24 nitrogen and oxygen atoms in total. The molecule has 6 amide bonds. The maximum atomic E-state index is 12.7. The van der Waals surface area contributed by atoms with Crippen LogP contribution in [0.2, 0.25) is 0 Å². The van der Waals surface area contributed by atoms with Gasteiger partial charge >= 0.3 is 35.2 Å². The quantitative estimate of drug-likeness (QED) is 0.226. The maximum absolute atomic E-state index is 12.7. The number of carbonyl (C=O) groups excluding carboxylic acids is 4. The van der Waals surface area contributed by atoms with Crippen molar-refractivity contribution in [1.82, 2.24) is 25.0 Å². The monoisotopic (exact) mass is 436 g/mol. The van der Waals surface area contributed by atoms with E-state index in [-0.39, 0.29) is 0 Å². The van der Waals surface area contributed by atoms with Crippen LogP contribution in [0.3, 0.4) is 0 Å². The van der Waals surface area contributed by atoms with Crippen LogP contribution < -0.4 is 0 Å². The molecular formula is C6N10O14. The van der Waals surface area contributed by atoms with Crippen LogP contribution in [0.25, 0.3) is 0 Å². The Morgan fingerprint density at radius 2 is 0.733 bits per heavy atom. The molecule has 158 valence electrons. The largest absolute Gasteiger partial charge is 0.442 e. The van der Waals surface area contributed by atoms with E-state index < -0.39 is 85.4 Å². The molecule has 3 fully saturated rings. The summed E-state index contributed by atoms with van der Waals surface area (Å²) in [6.07, 6.45) is 0. The molecule has 30 heavy (non-hydrogen) atoms. The molecule has 0 bridgehead atoms. The van der Waals surface area contributed by atoms with E-state index in [0.717, 1.165) is 0 Å². The first-order chi connectivity index (χ1) is 13.7. The van der Waals surface area contributed by atoms with Gasteiger partial charge in [0.15, 0.2) is 25.2 Å². The Morgan fingerprint density at radius 1 is 0.500 bits per heavy atom. The summed E-state index contributed by atoms with van der Waals surface area (Å²) < 4.78 is 0. The molecule has 0 aromatic heterocycles. The molecule has 0 radical (unpaired) electrons. The van der Waals surface area contributed by atoms with Crippen LogP contribution in [0, 0.1) is 50.6 Å². The van der Waals surface area contributed by atoms with Crippen molar-refractivity contribution in [3.05, 3.63) is 50.6 Å². The number of hydrazine groups is 5. The van der Waals surface area contributed by atoms with E-state index >= 15 is 0 Å². The van der Waals surface area contributed by atoms with Gasteiger partial charge in [0.2, 0.25) is 0 Å². The highest BCUT2D eigenvalue weighted by molar-refractivity contribution is 6.20. The Kier molecular flexibility index (Phi) is 3.33. The Bertz CT molecular complexity index is 910. The number of nitro groups is 5. The predicted molar refractivity (Wildman–Crippen MR) is 70.4 cm³/mol. The lowest BCUT2D eigenvalue weighted by atomic mass is 9.97. The third-order valence-electron chi connectivity index (χ3n) is 4.23. The molecule has 0 aromatic carbocycles. The van der Waals surface area contributed by atoms with Gasteiger partial charge in [-0.05, 0) is 0 Å². The van der Waals surface area contributed by atoms with Gasteiger partial charge in [-0.1, -0.05) is 0 Å². The lowest BCUT2D eigenvalue weighted by Gasteiger charge is -2.24. The van der Waals surface area contributed by atoms with Gasteiger partial charge in [-0.3, -0.25) is 9.59 Å². The van der Waals surface area contributed by atoms with Crippen LogP contribution in [0.4, 0.5) is 9.59 Å². The van der Waals surface area contributed by atoms with Crippen molar-refractivity contribution in [2.24, 2.45) is 0 Å².